The minimum Gasteiger partial charge on any atom is -0.350 e. The average molecular weight is 336 g/mol. The minimum atomic E-state index is -4.22. The molecule has 4 nitrogen and oxygen atoms in total. The van der Waals surface area contributed by atoms with E-state index in [0.29, 0.717) is 5.92 Å². The maximum atomic E-state index is 13.4. The van der Waals surface area contributed by atoms with Crippen LogP contribution in [0, 0.1) is 11.7 Å². The van der Waals surface area contributed by atoms with Gasteiger partial charge in [-0.15, -0.1) is 0 Å². The van der Waals surface area contributed by atoms with Crippen molar-refractivity contribution < 1.29 is 17.6 Å². The van der Waals surface area contributed by atoms with Gasteiger partial charge in [0, 0.05) is 22.3 Å². The molecule has 0 saturated heterocycles. The van der Waals surface area contributed by atoms with Gasteiger partial charge in [0.05, 0.1) is 0 Å². The van der Waals surface area contributed by atoms with Crippen molar-refractivity contribution in [1.29, 1.82) is 0 Å². The van der Waals surface area contributed by atoms with E-state index in [-0.39, 0.29) is 11.6 Å². The summed E-state index contributed by atoms with van der Waals surface area (Å²) in [6, 6.07) is 3.03. The van der Waals surface area contributed by atoms with Crippen molar-refractivity contribution in [2.75, 3.05) is 0 Å². The summed E-state index contributed by atoms with van der Waals surface area (Å²) in [5.74, 6) is -0.964. The quantitative estimate of drug-likeness (QED) is 0.811. The van der Waals surface area contributed by atoms with Crippen LogP contribution >= 0.6 is 10.7 Å². The summed E-state index contributed by atoms with van der Waals surface area (Å²) in [4.78, 5) is 11.4. The molecule has 21 heavy (non-hydrogen) atoms. The highest BCUT2D eigenvalue weighted by atomic mass is 35.7. The zero-order valence-electron chi connectivity index (χ0n) is 12.2. The van der Waals surface area contributed by atoms with Crippen LogP contribution in [-0.2, 0) is 9.05 Å². The van der Waals surface area contributed by atoms with Crippen LogP contribution in [0.3, 0.4) is 0 Å². The highest BCUT2D eigenvalue weighted by Gasteiger charge is 2.19. The van der Waals surface area contributed by atoms with Crippen molar-refractivity contribution in [3.05, 3.63) is 29.6 Å². The number of carbonyl (C=O) groups excluding carboxylic acids is 1. The van der Waals surface area contributed by atoms with E-state index in [0.717, 1.165) is 25.0 Å². The summed E-state index contributed by atoms with van der Waals surface area (Å²) in [5.41, 5.74) is 0.0617. The molecule has 1 amide bonds. The lowest BCUT2D eigenvalue weighted by molar-refractivity contribution is 0.0935. The number of benzene rings is 1. The van der Waals surface area contributed by atoms with Crippen LogP contribution in [0.1, 0.15) is 44.0 Å². The fourth-order valence-electron chi connectivity index (χ4n) is 1.97. The number of amides is 1. The topological polar surface area (TPSA) is 63.2 Å². The summed E-state index contributed by atoms with van der Waals surface area (Å²) in [6.45, 7) is 6.02. The number of hydrogen-bond acceptors (Lipinski definition) is 3. The fourth-order valence-corrected chi connectivity index (χ4v) is 2.89. The zero-order chi connectivity index (χ0) is 16.2. The third-order valence-electron chi connectivity index (χ3n) is 3.29. The number of carbonyl (C=O) groups is 1. The second-order valence-electron chi connectivity index (χ2n) is 5.21. The smallest absolute Gasteiger partial charge is 0.264 e. The number of hydrogen-bond donors (Lipinski definition) is 1. The first kappa shape index (κ1) is 17.9. The molecule has 1 aromatic rings. The highest BCUT2D eigenvalue weighted by Crippen LogP contribution is 2.20. The molecule has 0 fully saturated rings. The molecule has 0 spiro atoms. The molecule has 7 heteroatoms. The molecule has 0 aromatic heterocycles. The monoisotopic (exact) mass is 335 g/mol. The van der Waals surface area contributed by atoms with Gasteiger partial charge in [0.1, 0.15) is 10.7 Å². The molecule has 1 rings (SSSR count). The molecule has 0 aliphatic rings. The standard InChI is InChI=1S/C14H19ClFNO3S/c1-4-9(2)7-10(3)17-14(18)11-5-6-12(16)13(8-11)21(15,19)20/h5-6,8-10H,4,7H2,1-3H3,(H,17,18). The van der Waals surface area contributed by atoms with Crippen molar-refractivity contribution in [2.24, 2.45) is 5.92 Å². The van der Waals surface area contributed by atoms with Gasteiger partial charge in [-0.25, -0.2) is 12.8 Å². The maximum absolute atomic E-state index is 13.4. The van der Waals surface area contributed by atoms with Crippen molar-refractivity contribution in [3.63, 3.8) is 0 Å². The molecular weight excluding hydrogens is 317 g/mol. The molecule has 0 aliphatic heterocycles. The molecule has 118 valence electrons. The predicted molar refractivity (Wildman–Crippen MR) is 80.4 cm³/mol. The lowest BCUT2D eigenvalue weighted by atomic mass is 10.00. The van der Waals surface area contributed by atoms with Crippen LogP contribution in [0.15, 0.2) is 23.1 Å². The van der Waals surface area contributed by atoms with Crippen LogP contribution in [-0.4, -0.2) is 20.4 Å². The largest absolute Gasteiger partial charge is 0.350 e. The first-order chi connectivity index (χ1) is 9.65. The van der Waals surface area contributed by atoms with Crippen LogP contribution < -0.4 is 5.32 Å². The van der Waals surface area contributed by atoms with Gasteiger partial charge >= 0.3 is 0 Å². The Kier molecular flexibility index (Phi) is 6.16. The predicted octanol–water partition coefficient (Wildman–Crippen LogP) is 3.31. The van der Waals surface area contributed by atoms with E-state index >= 15 is 0 Å². The third-order valence-corrected chi connectivity index (χ3v) is 4.62. The summed E-state index contributed by atoms with van der Waals surface area (Å²) >= 11 is 0. The molecule has 0 radical (unpaired) electrons. The number of rotatable bonds is 6. The molecule has 0 aliphatic carbocycles. The van der Waals surface area contributed by atoms with Gasteiger partial charge in [-0.05, 0) is 37.5 Å². The van der Waals surface area contributed by atoms with E-state index in [1.165, 1.54) is 6.07 Å². The highest BCUT2D eigenvalue weighted by molar-refractivity contribution is 8.13. The SMILES string of the molecule is CCC(C)CC(C)NC(=O)c1ccc(F)c(S(=O)(=O)Cl)c1. The number of halogens is 2. The Morgan fingerprint density at radius 1 is 1.38 bits per heavy atom. The Morgan fingerprint density at radius 2 is 2.00 bits per heavy atom. The molecule has 2 atom stereocenters. The molecule has 1 aromatic carbocycles. The van der Waals surface area contributed by atoms with Gasteiger partial charge in [-0.1, -0.05) is 20.3 Å². The lowest BCUT2D eigenvalue weighted by Crippen LogP contribution is -2.33. The van der Waals surface area contributed by atoms with Crippen molar-refractivity contribution in [3.8, 4) is 0 Å². The van der Waals surface area contributed by atoms with Crippen molar-refractivity contribution in [1.82, 2.24) is 5.32 Å². The van der Waals surface area contributed by atoms with Crippen molar-refractivity contribution >= 4 is 25.6 Å². The van der Waals surface area contributed by atoms with E-state index in [1.54, 1.807) is 0 Å². The van der Waals surface area contributed by atoms with Gasteiger partial charge < -0.3 is 5.32 Å². The molecule has 1 N–H and O–H groups in total. The fraction of sp³-hybridized carbons (Fsp3) is 0.500. The Bertz CT molecular complexity index is 619. The minimum absolute atomic E-state index is 0.0615. The van der Waals surface area contributed by atoms with Gasteiger partial charge in [0.15, 0.2) is 0 Å². The van der Waals surface area contributed by atoms with Crippen LogP contribution in [0.5, 0.6) is 0 Å². The second-order valence-corrected chi connectivity index (χ2v) is 7.74. The average Bonchev–Trinajstić information content (AvgIpc) is 2.37. The van der Waals surface area contributed by atoms with Gasteiger partial charge in [0.25, 0.3) is 15.0 Å². The van der Waals surface area contributed by atoms with E-state index in [1.807, 2.05) is 6.92 Å². The lowest BCUT2D eigenvalue weighted by Gasteiger charge is -2.17. The second kappa shape index (κ2) is 7.22. The first-order valence-electron chi connectivity index (χ1n) is 6.70. The molecular formula is C14H19ClFNO3S. The summed E-state index contributed by atoms with van der Waals surface area (Å²) in [6.07, 6.45) is 1.81. The Morgan fingerprint density at radius 3 is 2.52 bits per heavy atom. The maximum Gasteiger partial charge on any atom is 0.264 e. The van der Waals surface area contributed by atoms with Gasteiger partial charge in [-0.3, -0.25) is 4.79 Å². The van der Waals surface area contributed by atoms with Gasteiger partial charge in [-0.2, -0.15) is 0 Å². The normalized spacial score (nSPS) is 14.5. The van der Waals surface area contributed by atoms with E-state index in [9.17, 15) is 17.6 Å². The van der Waals surface area contributed by atoms with Crippen LogP contribution in [0.4, 0.5) is 4.39 Å². The van der Waals surface area contributed by atoms with E-state index < -0.39 is 25.7 Å². The first-order valence-corrected chi connectivity index (χ1v) is 9.01. The Balaban J connectivity index is 2.89. The Labute approximate surface area is 129 Å². The summed E-state index contributed by atoms with van der Waals surface area (Å²) in [7, 11) is 0.911. The van der Waals surface area contributed by atoms with E-state index in [4.69, 9.17) is 10.7 Å². The van der Waals surface area contributed by atoms with E-state index in [2.05, 4.69) is 19.2 Å². The third kappa shape index (κ3) is 5.28. The Hall–Kier alpha value is -1.14. The van der Waals surface area contributed by atoms with Gasteiger partial charge in [0.2, 0.25) is 0 Å². The molecule has 0 bridgehead atoms. The zero-order valence-corrected chi connectivity index (χ0v) is 13.8. The number of nitrogens with one attached hydrogen (secondary N) is 1. The van der Waals surface area contributed by atoms with Crippen LogP contribution in [0.2, 0.25) is 0 Å². The molecule has 0 saturated carbocycles. The summed E-state index contributed by atoms with van der Waals surface area (Å²) in [5, 5.41) is 2.76. The summed E-state index contributed by atoms with van der Waals surface area (Å²) < 4.78 is 35.9. The van der Waals surface area contributed by atoms with Crippen LogP contribution in [0.25, 0.3) is 0 Å². The molecule has 2 unspecified atom stereocenters. The van der Waals surface area contributed by atoms with Crippen molar-refractivity contribution in [2.45, 2.75) is 44.6 Å². The molecule has 0 heterocycles.